The van der Waals surface area contributed by atoms with Gasteiger partial charge < -0.3 is 0 Å². The minimum absolute atomic E-state index is 0.549. The van der Waals surface area contributed by atoms with Gasteiger partial charge in [-0.1, -0.05) is 24.3 Å². The van der Waals surface area contributed by atoms with Gasteiger partial charge in [-0.2, -0.15) is 13.2 Å². The monoisotopic (exact) mass is 358 g/mol. The van der Waals surface area contributed by atoms with Gasteiger partial charge in [0.2, 0.25) is 0 Å². The van der Waals surface area contributed by atoms with Crippen LogP contribution in [0.3, 0.4) is 0 Å². The molecule has 0 fully saturated rings. The predicted octanol–water partition coefficient (Wildman–Crippen LogP) is 6.64. The van der Waals surface area contributed by atoms with Gasteiger partial charge in [-0.25, -0.2) is 0 Å². The van der Waals surface area contributed by atoms with Crippen LogP contribution in [-0.4, -0.2) is 0 Å². The van der Waals surface area contributed by atoms with Gasteiger partial charge in [0.25, 0.3) is 0 Å². The number of hydrogen-bond donors (Lipinski definition) is 0. The van der Waals surface area contributed by atoms with Crippen molar-refractivity contribution in [1.29, 1.82) is 0 Å². The van der Waals surface area contributed by atoms with Crippen LogP contribution in [0.5, 0.6) is 0 Å². The van der Waals surface area contributed by atoms with Crippen molar-refractivity contribution >= 4 is 0 Å². The Balaban J connectivity index is 1.49. The molecule has 2 aromatic carbocycles. The first-order valence-electron chi connectivity index (χ1n) is 9.82. The second-order valence-corrected chi connectivity index (χ2v) is 7.80. The zero-order chi connectivity index (χ0) is 18.1. The highest BCUT2D eigenvalue weighted by Gasteiger charge is 2.30. The SMILES string of the molecule is FC(F)(F)c1ccc(CCC2CCCc3c2ccc2c3CCCC2)cc1. The van der Waals surface area contributed by atoms with Crippen molar-refractivity contribution in [3.05, 3.63) is 69.8 Å². The Morgan fingerprint density at radius 2 is 1.54 bits per heavy atom. The molecule has 0 saturated heterocycles. The number of halogens is 3. The quantitative estimate of drug-likeness (QED) is 0.577. The minimum Gasteiger partial charge on any atom is -0.166 e. The van der Waals surface area contributed by atoms with Crippen LogP contribution in [-0.2, 0) is 31.9 Å². The third-order valence-corrected chi connectivity index (χ3v) is 6.17. The maximum Gasteiger partial charge on any atom is 0.416 e. The Hall–Kier alpha value is -1.77. The summed E-state index contributed by atoms with van der Waals surface area (Å²) in [5, 5.41) is 0. The van der Waals surface area contributed by atoms with Gasteiger partial charge in [0.05, 0.1) is 5.56 Å². The molecule has 2 aliphatic rings. The lowest BCUT2D eigenvalue weighted by Gasteiger charge is -2.30. The summed E-state index contributed by atoms with van der Waals surface area (Å²) in [7, 11) is 0. The fourth-order valence-electron chi connectivity index (χ4n) is 4.78. The van der Waals surface area contributed by atoms with E-state index < -0.39 is 11.7 Å². The van der Waals surface area contributed by atoms with E-state index in [9.17, 15) is 13.2 Å². The highest BCUT2D eigenvalue weighted by atomic mass is 19.4. The molecule has 0 heterocycles. The smallest absolute Gasteiger partial charge is 0.166 e. The molecule has 0 radical (unpaired) electrons. The second-order valence-electron chi connectivity index (χ2n) is 7.80. The summed E-state index contributed by atoms with van der Waals surface area (Å²) in [5.74, 6) is 0.549. The molecular formula is C23H25F3. The Kier molecular flexibility index (Phi) is 4.81. The largest absolute Gasteiger partial charge is 0.416 e. The molecule has 2 aromatic rings. The van der Waals surface area contributed by atoms with Crippen LogP contribution in [0.15, 0.2) is 36.4 Å². The standard InChI is InChI=1S/C23H25F3/c24-23(25,26)19-13-9-16(10-14-19)8-11-18-5-3-7-22-20-6-2-1-4-17(20)12-15-21(18)22/h9-10,12-15,18H,1-8,11H2. The maximum atomic E-state index is 12.7. The molecule has 138 valence electrons. The van der Waals surface area contributed by atoms with Crippen LogP contribution in [0.4, 0.5) is 13.2 Å². The van der Waals surface area contributed by atoms with E-state index in [1.165, 1.54) is 62.6 Å². The number of benzene rings is 2. The average molecular weight is 358 g/mol. The lowest BCUT2D eigenvalue weighted by Crippen LogP contribution is -2.16. The highest BCUT2D eigenvalue weighted by Crippen LogP contribution is 2.39. The summed E-state index contributed by atoms with van der Waals surface area (Å²) in [5.41, 5.74) is 6.74. The first kappa shape index (κ1) is 17.6. The van der Waals surface area contributed by atoms with Gasteiger partial charge in [0.1, 0.15) is 0 Å². The van der Waals surface area contributed by atoms with Crippen molar-refractivity contribution in [3.8, 4) is 0 Å². The van der Waals surface area contributed by atoms with E-state index in [-0.39, 0.29) is 0 Å². The summed E-state index contributed by atoms with van der Waals surface area (Å²) in [6.07, 6.45) is 6.32. The Morgan fingerprint density at radius 3 is 2.31 bits per heavy atom. The average Bonchev–Trinajstić information content (AvgIpc) is 2.65. The molecule has 0 bridgehead atoms. The summed E-state index contributed by atoms with van der Waals surface area (Å²) in [6, 6.07) is 10.4. The molecule has 0 N–H and O–H groups in total. The molecule has 0 saturated carbocycles. The lowest BCUT2D eigenvalue weighted by atomic mass is 9.75. The van der Waals surface area contributed by atoms with Crippen molar-refractivity contribution in [2.45, 2.75) is 69.9 Å². The first-order valence-corrected chi connectivity index (χ1v) is 9.82. The van der Waals surface area contributed by atoms with Crippen molar-refractivity contribution < 1.29 is 13.2 Å². The number of alkyl halides is 3. The van der Waals surface area contributed by atoms with Gasteiger partial charge in [0, 0.05) is 0 Å². The van der Waals surface area contributed by atoms with Crippen LogP contribution in [0.25, 0.3) is 0 Å². The van der Waals surface area contributed by atoms with Crippen LogP contribution in [0.1, 0.15) is 71.4 Å². The van der Waals surface area contributed by atoms with Crippen molar-refractivity contribution in [2.75, 3.05) is 0 Å². The molecule has 0 amide bonds. The van der Waals surface area contributed by atoms with E-state index in [1.807, 2.05) is 0 Å². The van der Waals surface area contributed by atoms with Gasteiger partial charge in [-0.3, -0.25) is 0 Å². The van der Waals surface area contributed by atoms with Gasteiger partial charge in [0.15, 0.2) is 0 Å². The Morgan fingerprint density at radius 1 is 0.808 bits per heavy atom. The van der Waals surface area contributed by atoms with E-state index in [1.54, 1.807) is 28.8 Å². The summed E-state index contributed by atoms with van der Waals surface area (Å²) in [4.78, 5) is 0. The fourth-order valence-corrected chi connectivity index (χ4v) is 4.78. The van der Waals surface area contributed by atoms with Gasteiger partial charge in [-0.05, 0) is 104 Å². The van der Waals surface area contributed by atoms with E-state index in [2.05, 4.69) is 12.1 Å². The van der Waals surface area contributed by atoms with Crippen LogP contribution in [0, 0.1) is 0 Å². The number of fused-ring (bicyclic) bond motifs is 3. The zero-order valence-electron chi connectivity index (χ0n) is 15.0. The summed E-state index contributed by atoms with van der Waals surface area (Å²) in [6.45, 7) is 0. The Bertz CT molecular complexity index is 771. The summed E-state index contributed by atoms with van der Waals surface area (Å²) < 4.78 is 38.1. The topological polar surface area (TPSA) is 0 Å². The molecule has 0 aromatic heterocycles. The van der Waals surface area contributed by atoms with Crippen LogP contribution >= 0.6 is 0 Å². The number of rotatable bonds is 3. The number of hydrogen-bond acceptors (Lipinski definition) is 0. The molecule has 26 heavy (non-hydrogen) atoms. The van der Waals surface area contributed by atoms with E-state index in [0.717, 1.165) is 18.4 Å². The lowest BCUT2D eigenvalue weighted by molar-refractivity contribution is -0.137. The third kappa shape index (κ3) is 3.54. The molecule has 0 nitrogen and oxygen atoms in total. The third-order valence-electron chi connectivity index (χ3n) is 6.17. The fraction of sp³-hybridized carbons (Fsp3) is 0.478. The molecule has 3 heteroatoms. The molecule has 0 aliphatic heterocycles. The van der Waals surface area contributed by atoms with Crippen LogP contribution in [0.2, 0.25) is 0 Å². The van der Waals surface area contributed by atoms with Crippen molar-refractivity contribution in [3.63, 3.8) is 0 Å². The van der Waals surface area contributed by atoms with Gasteiger partial charge in [-0.15, -0.1) is 0 Å². The second kappa shape index (κ2) is 7.09. The molecular weight excluding hydrogens is 333 g/mol. The zero-order valence-corrected chi connectivity index (χ0v) is 15.0. The number of aryl methyl sites for hydroxylation is 2. The van der Waals surface area contributed by atoms with E-state index in [0.29, 0.717) is 5.92 Å². The van der Waals surface area contributed by atoms with Gasteiger partial charge >= 0.3 is 6.18 Å². The molecule has 0 spiro atoms. The normalized spacial score (nSPS) is 19.7. The Labute approximate surface area is 153 Å². The first-order chi connectivity index (χ1) is 12.5. The molecule has 2 aliphatic carbocycles. The maximum absolute atomic E-state index is 12.7. The molecule has 1 unspecified atom stereocenters. The minimum atomic E-state index is -4.25. The molecule has 4 rings (SSSR count). The predicted molar refractivity (Wildman–Crippen MR) is 98.5 cm³/mol. The molecule has 1 atom stereocenters. The van der Waals surface area contributed by atoms with Crippen LogP contribution < -0.4 is 0 Å². The highest BCUT2D eigenvalue weighted by molar-refractivity contribution is 5.45. The van der Waals surface area contributed by atoms with Crippen molar-refractivity contribution in [2.24, 2.45) is 0 Å². The van der Waals surface area contributed by atoms with E-state index >= 15 is 0 Å². The summed E-state index contributed by atoms with van der Waals surface area (Å²) >= 11 is 0. The van der Waals surface area contributed by atoms with Crippen molar-refractivity contribution in [1.82, 2.24) is 0 Å². The van der Waals surface area contributed by atoms with E-state index in [4.69, 9.17) is 0 Å².